The van der Waals surface area contributed by atoms with Gasteiger partial charge in [0.1, 0.15) is 12.1 Å². The van der Waals surface area contributed by atoms with Crippen LogP contribution in [0.1, 0.15) is 38.8 Å². The van der Waals surface area contributed by atoms with Gasteiger partial charge in [-0.2, -0.15) is 10.5 Å². The maximum Gasteiger partial charge on any atom is 0.347 e. The zero-order valence-corrected chi connectivity index (χ0v) is 18.5. The number of carbonyl (C=O) groups excluding carboxylic acids is 4. The largest absolute Gasteiger partial charge is 0.463 e. The first kappa shape index (κ1) is 26.1. The number of amides is 2. The summed E-state index contributed by atoms with van der Waals surface area (Å²) in [6.07, 6.45) is -0.578. The van der Waals surface area contributed by atoms with Crippen LogP contribution in [0.2, 0.25) is 0 Å². The summed E-state index contributed by atoms with van der Waals surface area (Å²) < 4.78 is 9.99. The van der Waals surface area contributed by atoms with Gasteiger partial charge < -0.3 is 20.1 Å². The Bertz CT molecular complexity index is 887. The minimum Gasteiger partial charge on any atom is -0.463 e. The highest BCUT2D eigenvalue weighted by Crippen LogP contribution is 2.24. The molecule has 0 aromatic heterocycles. The van der Waals surface area contributed by atoms with Gasteiger partial charge in [-0.1, -0.05) is 24.3 Å². The summed E-state index contributed by atoms with van der Waals surface area (Å²) >= 11 is 0. The molecule has 1 rings (SSSR count). The molecule has 10 nitrogen and oxygen atoms in total. The molecule has 2 amide bonds. The van der Waals surface area contributed by atoms with E-state index in [0.29, 0.717) is 11.1 Å². The van der Waals surface area contributed by atoms with Gasteiger partial charge >= 0.3 is 11.9 Å². The number of hydrogen-bond acceptors (Lipinski definition) is 8. The van der Waals surface area contributed by atoms with E-state index in [1.165, 1.54) is 0 Å². The van der Waals surface area contributed by atoms with Crippen LogP contribution in [-0.2, 0) is 41.5 Å². The number of hydrogen-bond donors (Lipinski definition) is 2. The van der Waals surface area contributed by atoms with Crippen molar-refractivity contribution in [3.63, 3.8) is 0 Å². The monoisotopic (exact) mass is 442 g/mol. The van der Waals surface area contributed by atoms with Gasteiger partial charge in [0, 0.05) is 26.7 Å². The molecule has 0 bridgehead atoms. The van der Waals surface area contributed by atoms with Crippen molar-refractivity contribution in [1.29, 1.82) is 10.5 Å². The van der Waals surface area contributed by atoms with E-state index in [1.54, 1.807) is 38.1 Å². The molecule has 10 heteroatoms. The van der Waals surface area contributed by atoms with Crippen molar-refractivity contribution in [2.45, 2.75) is 51.6 Å². The van der Waals surface area contributed by atoms with Crippen LogP contribution in [0.25, 0.3) is 0 Å². The van der Waals surface area contributed by atoms with Crippen molar-refractivity contribution in [2.75, 3.05) is 13.2 Å². The minimum absolute atomic E-state index is 0.00751. The Morgan fingerprint density at radius 3 is 1.41 bits per heavy atom. The molecule has 0 aliphatic heterocycles. The van der Waals surface area contributed by atoms with Gasteiger partial charge in [0.2, 0.25) is 22.9 Å². The van der Waals surface area contributed by atoms with Crippen LogP contribution in [0, 0.1) is 22.7 Å². The van der Waals surface area contributed by atoms with E-state index in [-0.39, 0.29) is 26.1 Å². The molecular formula is C22H26N4O6. The molecule has 0 aliphatic rings. The Morgan fingerprint density at radius 2 is 1.16 bits per heavy atom. The molecule has 2 N–H and O–H groups in total. The van der Waals surface area contributed by atoms with Crippen molar-refractivity contribution in [2.24, 2.45) is 0 Å². The lowest BCUT2D eigenvalue weighted by molar-refractivity contribution is -0.151. The van der Waals surface area contributed by atoms with Crippen molar-refractivity contribution >= 4 is 23.8 Å². The maximum absolute atomic E-state index is 12.6. The Balaban J connectivity index is 3.52. The number of nitrogens with one attached hydrogen (secondary N) is 2. The Hall–Kier alpha value is -3.92. The SMILES string of the molecule is CCOC(=O)[C@](C#N)(Cc1ccccc1C[C@](C#N)(NC(C)=O)C(=O)OCC)NC(C)=O. The average molecular weight is 442 g/mol. The lowest BCUT2D eigenvalue weighted by atomic mass is 9.84. The molecule has 0 spiro atoms. The predicted molar refractivity (Wildman–Crippen MR) is 111 cm³/mol. The highest BCUT2D eigenvalue weighted by atomic mass is 16.5. The second-order valence-corrected chi connectivity index (χ2v) is 6.96. The van der Waals surface area contributed by atoms with Gasteiger partial charge in [0.15, 0.2) is 0 Å². The second kappa shape index (κ2) is 11.5. The van der Waals surface area contributed by atoms with Crippen LogP contribution in [0.5, 0.6) is 0 Å². The van der Waals surface area contributed by atoms with E-state index >= 15 is 0 Å². The number of nitrogens with zero attached hydrogens (tertiary/aromatic N) is 2. The molecule has 0 aliphatic carbocycles. The van der Waals surface area contributed by atoms with Gasteiger partial charge in [-0.25, -0.2) is 9.59 Å². The number of benzene rings is 1. The minimum atomic E-state index is -2.02. The summed E-state index contributed by atoms with van der Waals surface area (Å²) in [5.74, 6) is -3.11. The number of esters is 2. The van der Waals surface area contributed by atoms with Crippen molar-refractivity contribution in [3.8, 4) is 12.1 Å². The molecule has 0 unspecified atom stereocenters. The van der Waals surface area contributed by atoms with E-state index in [9.17, 15) is 29.7 Å². The number of rotatable bonds is 10. The molecule has 0 saturated carbocycles. The smallest absolute Gasteiger partial charge is 0.347 e. The first-order chi connectivity index (χ1) is 15.1. The van der Waals surface area contributed by atoms with E-state index in [1.807, 2.05) is 12.1 Å². The van der Waals surface area contributed by atoms with Gasteiger partial charge in [-0.15, -0.1) is 0 Å². The third kappa shape index (κ3) is 6.29. The lowest BCUT2D eigenvalue weighted by Crippen LogP contribution is -2.56. The standard InChI is InChI=1S/C22H26N4O6/c1-5-31-19(29)21(13-23,25-15(3)27)11-17-9-7-8-10-18(17)12-22(14-24,26-16(4)28)20(30)32-6-2/h7-10H,5-6,11-12H2,1-4H3,(H,25,27)(H,26,28)/t21-,22-/m1/s1. The van der Waals surface area contributed by atoms with E-state index in [0.717, 1.165) is 13.8 Å². The molecule has 0 radical (unpaired) electrons. The third-order valence-corrected chi connectivity index (χ3v) is 4.44. The van der Waals surface area contributed by atoms with Crippen LogP contribution in [0.4, 0.5) is 0 Å². The molecule has 0 saturated heterocycles. The highest BCUT2D eigenvalue weighted by Gasteiger charge is 2.45. The first-order valence-corrected chi connectivity index (χ1v) is 9.91. The van der Waals surface area contributed by atoms with Crippen LogP contribution < -0.4 is 10.6 Å². The quantitative estimate of drug-likeness (QED) is 0.501. The Labute approximate surface area is 186 Å². The number of ether oxygens (including phenoxy) is 2. The molecule has 2 atom stereocenters. The van der Waals surface area contributed by atoms with Crippen LogP contribution in [-0.4, -0.2) is 48.0 Å². The molecule has 0 fully saturated rings. The van der Waals surface area contributed by atoms with Crippen molar-refractivity contribution in [3.05, 3.63) is 35.4 Å². The van der Waals surface area contributed by atoms with Crippen LogP contribution in [0.15, 0.2) is 24.3 Å². The average Bonchev–Trinajstić information content (AvgIpc) is 2.73. The van der Waals surface area contributed by atoms with Crippen molar-refractivity contribution in [1.82, 2.24) is 10.6 Å². The van der Waals surface area contributed by atoms with E-state index < -0.39 is 34.8 Å². The summed E-state index contributed by atoms with van der Waals surface area (Å²) in [6.45, 7) is 5.44. The van der Waals surface area contributed by atoms with Gasteiger partial charge in [0.05, 0.1) is 13.2 Å². The van der Waals surface area contributed by atoms with Gasteiger partial charge in [0.25, 0.3) is 0 Å². The highest BCUT2D eigenvalue weighted by molar-refractivity contribution is 5.91. The fourth-order valence-electron chi connectivity index (χ4n) is 3.14. The summed E-state index contributed by atoms with van der Waals surface area (Å²) in [4.78, 5) is 48.6. The summed E-state index contributed by atoms with van der Waals surface area (Å²) in [6, 6.07) is 10.1. The number of carbonyl (C=O) groups is 4. The van der Waals surface area contributed by atoms with Gasteiger partial charge in [-0.05, 0) is 25.0 Å². The summed E-state index contributed by atoms with van der Waals surface area (Å²) in [5.41, 5.74) is -3.26. The number of nitriles is 2. The first-order valence-electron chi connectivity index (χ1n) is 9.91. The summed E-state index contributed by atoms with van der Waals surface area (Å²) in [5, 5.41) is 24.3. The summed E-state index contributed by atoms with van der Waals surface area (Å²) in [7, 11) is 0. The van der Waals surface area contributed by atoms with Crippen LogP contribution >= 0.6 is 0 Å². The van der Waals surface area contributed by atoms with E-state index in [2.05, 4.69) is 10.6 Å². The molecular weight excluding hydrogens is 416 g/mol. The van der Waals surface area contributed by atoms with Crippen LogP contribution in [0.3, 0.4) is 0 Å². The molecule has 32 heavy (non-hydrogen) atoms. The predicted octanol–water partition coefficient (Wildman–Crippen LogP) is 0.695. The maximum atomic E-state index is 12.6. The molecule has 1 aromatic rings. The topological polar surface area (TPSA) is 158 Å². The third-order valence-electron chi connectivity index (χ3n) is 4.44. The molecule has 0 heterocycles. The van der Waals surface area contributed by atoms with E-state index in [4.69, 9.17) is 9.47 Å². The lowest BCUT2D eigenvalue weighted by Gasteiger charge is -2.28. The normalized spacial score (nSPS) is 13.8. The van der Waals surface area contributed by atoms with Gasteiger partial charge in [-0.3, -0.25) is 9.59 Å². The Morgan fingerprint density at radius 1 is 0.812 bits per heavy atom. The Kier molecular flexibility index (Phi) is 9.36. The molecule has 1 aromatic carbocycles. The second-order valence-electron chi connectivity index (χ2n) is 6.96. The fourth-order valence-corrected chi connectivity index (χ4v) is 3.14. The zero-order valence-electron chi connectivity index (χ0n) is 18.5. The zero-order chi connectivity index (χ0) is 24.4. The molecule has 170 valence electrons. The fraction of sp³-hybridized carbons (Fsp3) is 0.455. The van der Waals surface area contributed by atoms with Crippen molar-refractivity contribution < 1.29 is 28.7 Å².